The first-order valence-corrected chi connectivity index (χ1v) is 12.1. The number of aromatic nitrogens is 4. The molecule has 3 heterocycles. The topological polar surface area (TPSA) is 111 Å². The van der Waals surface area contributed by atoms with Crippen LogP contribution >= 0.6 is 0 Å². The van der Waals surface area contributed by atoms with E-state index in [9.17, 15) is 9.59 Å². The van der Waals surface area contributed by atoms with Gasteiger partial charge < -0.3 is 14.8 Å². The number of fused-ring (bicyclic) bond motifs is 2. The Balaban J connectivity index is 1.32. The first-order valence-electron chi connectivity index (χ1n) is 12.1. The smallest absolute Gasteiger partial charge is 0.276 e. The number of aromatic amines is 1. The van der Waals surface area contributed by atoms with Crippen molar-refractivity contribution in [3.05, 3.63) is 82.8 Å². The molecule has 1 fully saturated rings. The molecule has 1 aliphatic heterocycles. The van der Waals surface area contributed by atoms with Crippen LogP contribution in [0.15, 0.2) is 71.5 Å². The van der Waals surface area contributed by atoms with Gasteiger partial charge in [-0.3, -0.25) is 14.3 Å². The molecule has 37 heavy (non-hydrogen) atoms. The maximum atomic E-state index is 13.3. The maximum absolute atomic E-state index is 13.3. The summed E-state index contributed by atoms with van der Waals surface area (Å²) >= 11 is 0. The van der Waals surface area contributed by atoms with Gasteiger partial charge in [0.1, 0.15) is 11.4 Å². The Hall–Kier alpha value is -4.50. The number of amides is 1. The number of carbonyl (C=O) groups excluding carboxylic acids is 1. The molecule has 1 amide bonds. The first kappa shape index (κ1) is 22.9. The van der Waals surface area contributed by atoms with Crippen LogP contribution in [-0.4, -0.2) is 46.2 Å². The lowest BCUT2D eigenvalue weighted by atomic mass is 10.0. The molecule has 0 bridgehead atoms. The average molecular weight is 496 g/mol. The van der Waals surface area contributed by atoms with Crippen LogP contribution in [-0.2, 0) is 11.3 Å². The van der Waals surface area contributed by atoms with Crippen LogP contribution in [0, 0.1) is 5.92 Å². The highest BCUT2D eigenvalue weighted by Crippen LogP contribution is 2.34. The Kier molecular flexibility index (Phi) is 5.90. The molecule has 1 saturated heterocycles. The molecule has 9 heteroatoms. The Morgan fingerprint density at radius 1 is 1.11 bits per heavy atom. The largest absolute Gasteiger partial charge is 0.496 e. The van der Waals surface area contributed by atoms with E-state index in [1.54, 1.807) is 25.3 Å². The van der Waals surface area contributed by atoms with Crippen molar-refractivity contribution < 1.29 is 14.3 Å². The van der Waals surface area contributed by atoms with Gasteiger partial charge in [0.25, 0.3) is 11.5 Å². The molecule has 3 aromatic carbocycles. The Morgan fingerprint density at radius 3 is 2.68 bits per heavy atom. The average Bonchev–Trinajstić information content (AvgIpc) is 3.58. The van der Waals surface area contributed by atoms with E-state index in [-0.39, 0.29) is 11.5 Å². The van der Waals surface area contributed by atoms with E-state index >= 15 is 0 Å². The van der Waals surface area contributed by atoms with Crippen LogP contribution in [0.3, 0.4) is 0 Å². The summed E-state index contributed by atoms with van der Waals surface area (Å²) in [5, 5.41) is 16.5. The van der Waals surface area contributed by atoms with Gasteiger partial charge in [-0.05, 0) is 30.7 Å². The predicted molar refractivity (Wildman–Crippen MR) is 141 cm³/mol. The molecule has 0 saturated carbocycles. The molecule has 0 aliphatic carbocycles. The monoisotopic (exact) mass is 495 g/mol. The minimum absolute atomic E-state index is 0.255. The van der Waals surface area contributed by atoms with Gasteiger partial charge in [0.05, 0.1) is 24.6 Å². The van der Waals surface area contributed by atoms with Crippen molar-refractivity contribution in [3.63, 3.8) is 0 Å². The van der Waals surface area contributed by atoms with E-state index in [2.05, 4.69) is 20.6 Å². The van der Waals surface area contributed by atoms with Crippen molar-refractivity contribution in [2.45, 2.75) is 13.0 Å². The van der Waals surface area contributed by atoms with E-state index < -0.39 is 0 Å². The third-order valence-corrected chi connectivity index (χ3v) is 6.74. The number of hydrogen-bond donors (Lipinski definition) is 2. The summed E-state index contributed by atoms with van der Waals surface area (Å²) in [6.07, 6.45) is 0.987. The molecule has 9 nitrogen and oxygen atoms in total. The second-order valence-corrected chi connectivity index (χ2v) is 9.09. The van der Waals surface area contributed by atoms with E-state index in [0.29, 0.717) is 58.2 Å². The van der Waals surface area contributed by atoms with Gasteiger partial charge >= 0.3 is 0 Å². The molecule has 2 N–H and O–H groups in total. The summed E-state index contributed by atoms with van der Waals surface area (Å²) in [6.45, 7) is 2.18. The number of benzene rings is 3. The third kappa shape index (κ3) is 4.23. The molecule has 1 unspecified atom stereocenters. The van der Waals surface area contributed by atoms with Crippen LogP contribution < -0.4 is 15.6 Å². The highest BCUT2D eigenvalue weighted by atomic mass is 16.5. The van der Waals surface area contributed by atoms with Gasteiger partial charge in [0.15, 0.2) is 5.69 Å². The summed E-state index contributed by atoms with van der Waals surface area (Å²) in [7, 11) is 1.56. The number of carbonyl (C=O) groups is 1. The van der Waals surface area contributed by atoms with Crippen molar-refractivity contribution in [1.82, 2.24) is 20.0 Å². The van der Waals surface area contributed by atoms with Gasteiger partial charge in [-0.1, -0.05) is 36.4 Å². The molecule has 1 aliphatic rings. The van der Waals surface area contributed by atoms with Crippen molar-refractivity contribution in [2.75, 3.05) is 25.6 Å². The second kappa shape index (κ2) is 9.51. The van der Waals surface area contributed by atoms with Crippen LogP contribution in [0.1, 0.15) is 16.9 Å². The number of methoxy groups -OCH3 is 1. The molecule has 0 spiro atoms. The highest BCUT2D eigenvalue weighted by Gasteiger charge is 2.22. The van der Waals surface area contributed by atoms with Crippen LogP contribution in [0.4, 0.5) is 5.69 Å². The predicted octanol–water partition coefficient (Wildman–Crippen LogP) is 4.24. The number of anilines is 1. The van der Waals surface area contributed by atoms with Crippen LogP contribution in [0.2, 0.25) is 0 Å². The van der Waals surface area contributed by atoms with Crippen molar-refractivity contribution >= 4 is 33.3 Å². The molecule has 5 aromatic rings. The second-order valence-electron chi connectivity index (χ2n) is 9.09. The minimum Gasteiger partial charge on any atom is -0.496 e. The van der Waals surface area contributed by atoms with Gasteiger partial charge in [-0.25, -0.2) is 5.10 Å². The molecule has 1 atom stereocenters. The lowest BCUT2D eigenvalue weighted by molar-refractivity contribution is 0.102. The fraction of sp³-hybridized carbons (Fsp3) is 0.214. The Morgan fingerprint density at radius 2 is 1.89 bits per heavy atom. The fourth-order valence-corrected chi connectivity index (χ4v) is 4.88. The van der Waals surface area contributed by atoms with E-state index in [4.69, 9.17) is 9.47 Å². The molecular weight excluding hydrogens is 470 g/mol. The lowest BCUT2D eigenvalue weighted by Gasteiger charge is -2.12. The number of rotatable bonds is 6. The number of hydrogen-bond acceptors (Lipinski definition) is 6. The van der Waals surface area contributed by atoms with Gasteiger partial charge in [-0.15, -0.1) is 0 Å². The molecule has 2 aromatic heterocycles. The van der Waals surface area contributed by atoms with Crippen molar-refractivity contribution in [1.29, 1.82) is 0 Å². The van der Waals surface area contributed by atoms with E-state index in [1.807, 2.05) is 53.2 Å². The van der Waals surface area contributed by atoms with Gasteiger partial charge in [0.2, 0.25) is 0 Å². The van der Waals surface area contributed by atoms with Gasteiger partial charge in [-0.2, -0.15) is 10.2 Å². The Bertz CT molecular complexity index is 1680. The summed E-state index contributed by atoms with van der Waals surface area (Å²) in [5.41, 5.74) is 2.87. The summed E-state index contributed by atoms with van der Waals surface area (Å²) in [5.74, 6) is 0.591. The van der Waals surface area contributed by atoms with E-state index in [1.165, 1.54) is 0 Å². The molecular formula is C28H25N5O4. The SMILES string of the molecule is COc1cc(NC(=O)c2nn(CC3CCOC3)c3ccccc23)ccc1-c1n[nH]c(=O)c2ccccc12. The number of nitrogens with zero attached hydrogens (tertiary/aromatic N) is 3. The van der Waals surface area contributed by atoms with Crippen LogP contribution in [0.25, 0.3) is 32.9 Å². The Labute approximate surface area is 212 Å². The van der Waals surface area contributed by atoms with Crippen molar-refractivity contribution in [3.8, 4) is 17.0 Å². The number of H-pyrrole nitrogens is 1. The number of nitrogens with one attached hydrogen (secondary N) is 2. The summed E-state index contributed by atoms with van der Waals surface area (Å²) in [4.78, 5) is 25.5. The molecule has 186 valence electrons. The maximum Gasteiger partial charge on any atom is 0.276 e. The van der Waals surface area contributed by atoms with Crippen LogP contribution in [0.5, 0.6) is 5.75 Å². The quantitative estimate of drug-likeness (QED) is 0.365. The summed E-state index contributed by atoms with van der Waals surface area (Å²) < 4.78 is 13.1. The lowest BCUT2D eigenvalue weighted by Crippen LogP contribution is -2.15. The normalized spacial score (nSPS) is 15.3. The zero-order valence-corrected chi connectivity index (χ0v) is 20.2. The number of para-hydroxylation sites is 1. The molecule has 6 rings (SSSR count). The van der Waals surface area contributed by atoms with E-state index in [0.717, 1.165) is 23.9 Å². The summed E-state index contributed by atoms with van der Waals surface area (Å²) in [6, 6.07) is 20.4. The standard InChI is InChI=1S/C28H25N5O4/c1-36-24-14-18(10-11-22(24)25-19-6-2-3-7-20(19)27(34)31-30-25)29-28(35)26-21-8-4-5-9-23(21)33(32-26)15-17-12-13-37-16-17/h2-11,14,17H,12-13,15-16H2,1H3,(H,29,35)(H,31,34). The zero-order chi connectivity index (χ0) is 25.4. The number of ether oxygens (including phenoxy) is 2. The first-order chi connectivity index (χ1) is 18.1. The highest BCUT2D eigenvalue weighted by molar-refractivity contribution is 6.11. The third-order valence-electron chi connectivity index (χ3n) is 6.74. The van der Waals surface area contributed by atoms with Gasteiger partial charge in [0, 0.05) is 47.2 Å². The fourth-order valence-electron chi connectivity index (χ4n) is 4.88. The minimum atomic E-state index is -0.306. The zero-order valence-electron chi connectivity index (χ0n) is 20.2. The van der Waals surface area contributed by atoms with Crippen molar-refractivity contribution in [2.24, 2.45) is 5.92 Å². The molecule has 0 radical (unpaired) electrons.